The molecule has 1 atom stereocenters. The van der Waals surface area contributed by atoms with Crippen LogP contribution in [-0.2, 0) is 16.6 Å². The summed E-state index contributed by atoms with van der Waals surface area (Å²) in [6.07, 6.45) is 0. The molecule has 0 bridgehead atoms. The van der Waals surface area contributed by atoms with E-state index in [0.29, 0.717) is 25.2 Å². The number of hydrogen-bond donors (Lipinski definition) is 1. The van der Waals surface area contributed by atoms with Crippen molar-refractivity contribution in [2.45, 2.75) is 24.5 Å². The average molecular weight is 314 g/mol. The Hall–Kier alpha value is -1.15. The molecule has 0 amide bonds. The van der Waals surface area contributed by atoms with E-state index in [4.69, 9.17) is 9.84 Å². The lowest BCUT2D eigenvalue weighted by Crippen LogP contribution is -2.51. The van der Waals surface area contributed by atoms with E-state index < -0.39 is 10.0 Å². The van der Waals surface area contributed by atoms with Crippen molar-refractivity contribution in [3.05, 3.63) is 23.8 Å². The molecule has 1 unspecified atom stereocenters. The molecule has 0 radical (unpaired) electrons. The Morgan fingerprint density at radius 3 is 2.67 bits per heavy atom. The molecule has 1 fully saturated rings. The molecule has 1 heterocycles. The molecule has 1 N–H and O–H groups in total. The van der Waals surface area contributed by atoms with Gasteiger partial charge in [0.2, 0.25) is 10.0 Å². The van der Waals surface area contributed by atoms with E-state index in [2.05, 4.69) is 4.90 Å². The minimum Gasteiger partial charge on any atom is -0.495 e. The molecule has 1 aliphatic rings. The molecular formula is C14H22N2O4S. The summed E-state index contributed by atoms with van der Waals surface area (Å²) in [5.74, 6) is 0.271. The predicted molar refractivity (Wildman–Crippen MR) is 79.8 cm³/mol. The summed E-state index contributed by atoms with van der Waals surface area (Å²) >= 11 is 0. The van der Waals surface area contributed by atoms with Crippen molar-refractivity contribution >= 4 is 10.0 Å². The Bertz CT molecular complexity index is 603. The third-order valence-electron chi connectivity index (χ3n) is 3.95. The van der Waals surface area contributed by atoms with Crippen molar-refractivity contribution < 1.29 is 18.3 Å². The highest BCUT2D eigenvalue weighted by Crippen LogP contribution is 2.29. The minimum absolute atomic E-state index is 0.151. The van der Waals surface area contributed by atoms with Gasteiger partial charge in [-0.1, -0.05) is 6.07 Å². The van der Waals surface area contributed by atoms with E-state index >= 15 is 0 Å². The first-order chi connectivity index (χ1) is 9.90. The van der Waals surface area contributed by atoms with Crippen LogP contribution in [0.25, 0.3) is 0 Å². The number of sulfonamides is 1. The molecule has 0 saturated carbocycles. The van der Waals surface area contributed by atoms with Crippen LogP contribution >= 0.6 is 0 Å². The molecule has 0 spiro atoms. The van der Waals surface area contributed by atoms with Crippen LogP contribution in [-0.4, -0.2) is 62.6 Å². The Morgan fingerprint density at radius 1 is 1.38 bits per heavy atom. The number of hydrogen-bond acceptors (Lipinski definition) is 5. The van der Waals surface area contributed by atoms with Crippen LogP contribution in [0.4, 0.5) is 0 Å². The van der Waals surface area contributed by atoms with Gasteiger partial charge in [0.25, 0.3) is 0 Å². The van der Waals surface area contributed by atoms with E-state index in [9.17, 15) is 8.42 Å². The van der Waals surface area contributed by atoms with Gasteiger partial charge < -0.3 is 14.7 Å². The third kappa shape index (κ3) is 3.21. The van der Waals surface area contributed by atoms with Crippen LogP contribution in [0, 0.1) is 0 Å². The molecule has 1 aromatic rings. The summed E-state index contributed by atoms with van der Waals surface area (Å²) in [5, 5.41) is 9.14. The van der Waals surface area contributed by atoms with Crippen LogP contribution in [0.15, 0.2) is 23.1 Å². The van der Waals surface area contributed by atoms with Crippen molar-refractivity contribution in [2.24, 2.45) is 0 Å². The third-order valence-corrected chi connectivity index (χ3v) is 5.86. The summed E-state index contributed by atoms with van der Waals surface area (Å²) in [7, 11) is -0.162. The molecule has 118 valence electrons. The molecular weight excluding hydrogens is 292 g/mol. The van der Waals surface area contributed by atoms with Gasteiger partial charge in [-0.15, -0.1) is 0 Å². The molecule has 1 aromatic carbocycles. The number of likely N-dealkylation sites (N-methyl/N-ethyl adjacent to an activating group) is 1. The number of benzene rings is 1. The highest BCUT2D eigenvalue weighted by Gasteiger charge is 2.32. The Kier molecular flexibility index (Phi) is 4.88. The number of ether oxygens (including phenoxy) is 1. The zero-order valence-electron chi connectivity index (χ0n) is 12.6. The molecule has 1 saturated heterocycles. The second-order valence-corrected chi connectivity index (χ2v) is 7.24. The van der Waals surface area contributed by atoms with Crippen molar-refractivity contribution in [3.63, 3.8) is 0 Å². The van der Waals surface area contributed by atoms with E-state index in [-0.39, 0.29) is 23.3 Å². The van der Waals surface area contributed by atoms with Crippen molar-refractivity contribution in [2.75, 3.05) is 33.8 Å². The van der Waals surface area contributed by atoms with Crippen molar-refractivity contribution in [1.82, 2.24) is 9.21 Å². The van der Waals surface area contributed by atoms with E-state index in [1.54, 1.807) is 12.1 Å². The summed E-state index contributed by atoms with van der Waals surface area (Å²) in [6, 6.07) is 4.85. The predicted octanol–water partition coefficient (Wildman–Crippen LogP) is 0.512. The van der Waals surface area contributed by atoms with E-state index in [1.807, 2.05) is 14.0 Å². The van der Waals surface area contributed by atoms with Crippen molar-refractivity contribution in [3.8, 4) is 5.75 Å². The first kappa shape index (κ1) is 16.2. The highest BCUT2D eigenvalue weighted by atomic mass is 32.2. The number of nitrogens with zero attached hydrogens (tertiary/aromatic N) is 2. The number of aliphatic hydroxyl groups is 1. The van der Waals surface area contributed by atoms with Crippen LogP contribution in [0.5, 0.6) is 5.75 Å². The van der Waals surface area contributed by atoms with Crippen LogP contribution in [0.2, 0.25) is 0 Å². The topological polar surface area (TPSA) is 70.1 Å². The SMILES string of the molecule is COc1cc(CO)ccc1S(=O)(=O)N1CCN(C)C(C)C1. The molecule has 6 nitrogen and oxygen atoms in total. The second-order valence-electron chi connectivity index (χ2n) is 5.34. The minimum atomic E-state index is -3.59. The maximum absolute atomic E-state index is 12.8. The molecule has 1 aliphatic heterocycles. The fourth-order valence-corrected chi connectivity index (χ4v) is 4.04. The molecule has 0 aromatic heterocycles. The lowest BCUT2D eigenvalue weighted by atomic mass is 10.2. The summed E-state index contributed by atoms with van der Waals surface area (Å²) in [4.78, 5) is 2.29. The smallest absolute Gasteiger partial charge is 0.246 e. The van der Waals surface area contributed by atoms with Gasteiger partial charge in [-0.05, 0) is 31.7 Å². The van der Waals surface area contributed by atoms with Gasteiger partial charge in [-0.25, -0.2) is 8.42 Å². The normalized spacial score (nSPS) is 21.4. The number of methoxy groups -OCH3 is 1. The Labute approximate surface area is 126 Å². The zero-order chi connectivity index (χ0) is 15.6. The summed E-state index contributed by atoms with van der Waals surface area (Å²) in [5.41, 5.74) is 0.623. The van der Waals surface area contributed by atoms with Crippen LogP contribution in [0.1, 0.15) is 12.5 Å². The maximum atomic E-state index is 12.8. The Balaban J connectivity index is 2.35. The highest BCUT2D eigenvalue weighted by molar-refractivity contribution is 7.89. The van der Waals surface area contributed by atoms with Gasteiger partial charge >= 0.3 is 0 Å². The second kappa shape index (κ2) is 6.31. The number of rotatable bonds is 4. The van der Waals surface area contributed by atoms with Crippen LogP contribution in [0.3, 0.4) is 0 Å². The lowest BCUT2D eigenvalue weighted by molar-refractivity contribution is 0.159. The van der Waals surface area contributed by atoms with Gasteiger partial charge in [0, 0.05) is 25.7 Å². The Morgan fingerprint density at radius 2 is 2.10 bits per heavy atom. The number of aliphatic hydroxyl groups excluding tert-OH is 1. The fourth-order valence-electron chi connectivity index (χ4n) is 2.40. The van der Waals surface area contributed by atoms with Crippen LogP contribution < -0.4 is 4.74 Å². The van der Waals surface area contributed by atoms with Crippen molar-refractivity contribution in [1.29, 1.82) is 0 Å². The van der Waals surface area contributed by atoms with Gasteiger partial charge in [-0.2, -0.15) is 4.31 Å². The van der Waals surface area contributed by atoms with E-state index in [1.165, 1.54) is 17.5 Å². The lowest BCUT2D eigenvalue weighted by Gasteiger charge is -2.37. The first-order valence-electron chi connectivity index (χ1n) is 6.88. The molecule has 21 heavy (non-hydrogen) atoms. The summed E-state index contributed by atoms with van der Waals surface area (Å²) < 4.78 is 32.2. The van der Waals surface area contributed by atoms with E-state index in [0.717, 1.165) is 0 Å². The molecule has 7 heteroatoms. The standard InChI is InChI=1S/C14H22N2O4S/c1-11-9-16(7-6-15(11)2)21(18,19)14-5-4-12(10-17)8-13(14)20-3/h4-5,8,11,17H,6-7,9-10H2,1-3H3. The maximum Gasteiger partial charge on any atom is 0.246 e. The monoisotopic (exact) mass is 314 g/mol. The largest absolute Gasteiger partial charge is 0.495 e. The average Bonchev–Trinajstić information content (AvgIpc) is 2.49. The zero-order valence-corrected chi connectivity index (χ0v) is 13.4. The van der Waals surface area contributed by atoms with Gasteiger partial charge in [0.1, 0.15) is 10.6 Å². The quantitative estimate of drug-likeness (QED) is 0.877. The fraction of sp³-hybridized carbons (Fsp3) is 0.571. The van der Waals surface area contributed by atoms with Gasteiger partial charge in [0.05, 0.1) is 13.7 Å². The molecule has 2 rings (SSSR count). The number of piperazine rings is 1. The summed E-state index contributed by atoms with van der Waals surface area (Å²) in [6.45, 7) is 3.49. The molecule has 0 aliphatic carbocycles. The van der Waals surface area contributed by atoms with Gasteiger partial charge in [-0.3, -0.25) is 0 Å². The van der Waals surface area contributed by atoms with Gasteiger partial charge in [0.15, 0.2) is 0 Å². The first-order valence-corrected chi connectivity index (χ1v) is 8.32.